The van der Waals surface area contributed by atoms with Crippen LogP contribution in [0.2, 0.25) is 0 Å². The third-order valence-corrected chi connectivity index (χ3v) is 5.97. The second-order valence-electron chi connectivity index (χ2n) is 6.63. The van der Waals surface area contributed by atoms with Crippen LogP contribution < -0.4 is 10.3 Å². The molecule has 0 spiro atoms. The van der Waals surface area contributed by atoms with E-state index in [2.05, 4.69) is 9.71 Å². The highest BCUT2D eigenvalue weighted by atomic mass is 32.2. The molecule has 0 bridgehead atoms. The lowest BCUT2D eigenvalue weighted by Crippen LogP contribution is -2.28. The Morgan fingerprint density at radius 2 is 1.78 bits per heavy atom. The Morgan fingerprint density at radius 1 is 1.07 bits per heavy atom. The van der Waals surface area contributed by atoms with Gasteiger partial charge in [-0.05, 0) is 60.5 Å². The molecule has 1 heterocycles. The van der Waals surface area contributed by atoms with Gasteiger partial charge in [-0.25, -0.2) is 17.5 Å². The number of halogens is 1. The van der Waals surface area contributed by atoms with Gasteiger partial charge in [-0.1, -0.05) is 24.3 Å². The van der Waals surface area contributed by atoms with E-state index in [1.807, 2.05) is 26.0 Å². The number of aromatic nitrogens is 1. The summed E-state index contributed by atoms with van der Waals surface area (Å²) in [5.74, 6) is -0.648. The van der Waals surface area contributed by atoms with Crippen molar-refractivity contribution in [2.24, 2.45) is 0 Å². The summed E-state index contributed by atoms with van der Waals surface area (Å²) in [6.07, 6.45) is 0.279. The Morgan fingerprint density at radius 3 is 2.48 bits per heavy atom. The van der Waals surface area contributed by atoms with Gasteiger partial charge in [-0.3, -0.25) is 4.79 Å². The summed E-state index contributed by atoms with van der Waals surface area (Å²) in [7, 11) is -3.57. The lowest BCUT2D eigenvalue weighted by Gasteiger charge is -2.09. The predicted molar refractivity (Wildman–Crippen MR) is 105 cm³/mol. The van der Waals surface area contributed by atoms with E-state index in [0.717, 1.165) is 22.0 Å². The summed E-state index contributed by atoms with van der Waals surface area (Å²) in [5, 5.41) is 0.918. The summed E-state index contributed by atoms with van der Waals surface area (Å²) in [5.41, 5.74) is 3.73. The Kier molecular flexibility index (Phi) is 5.43. The first-order valence-corrected chi connectivity index (χ1v) is 10.2. The van der Waals surface area contributed by atoms with E-state index in [0.29, 0.717) is 11.1 Å². The van der Waals surface area contributed by atoms with E-state index in [-0.39, 0.29) is 24.3 Å². The van der Waals surface area contributed by atoms with E-state index < -0.39 is 15.8 Å². The summed E-state index contributed by atoms with van der Waals surface area (Å²) in [6, 6.07) is 11.1. The van der Waals surface area contributed by atoms with E-state index >= 15 is 0 Å². The first-order valence-electron chi connectivity index (χ1n) is 8.59. The highest BCUT2D eigenvalue weighted by molar-refractivity contribution is 7.88. The van der Waals surface area contributed by atoms with Crippen LogP contribution in [0.15, 0.2) is 47.3 Å². The van der Waals surface area contributed by atoms with Crippen molar-refractivity contribution in [1.82, 2.24) is 9.71 Å². The zero-order valence-corrected chi connectivity index (χ0v) is 16.0. The summed E-state index contributed by atoms with van der Waals surface area (Å²) in [6.45, 7) is 4.05. The molecule has 27 heavy (non-hydrogen) atoms. The van der Waals surface area contributed by atoms with Crippen molar-refractivity contribution in [3.63, 3.8) is 0 Å². The number of fused-ring (bicyclic) bond motifs is 1. The molecule has 0 aliphatic carbocycles. The zero-order valence-electron chi connectivity index (χ0n) is 15.2. The van der Waals surface area contributed by atoms with E-state index in [1.165, 1.54) is 24.3 Å². The van der Waals surface area contributed by atoms with Gasteiger partial charge in [-0.15, -0.1) is 0 Å². The fraction of sp³-hybridized carbons (Fsp3) is 0.250. The molecular formula is C20H21FN2O3S. The topological polar surface area (TPSA) is 79.0 Å². The van der Waals surface area contributed by atoms with Crippen LogP contribution in [0.5, 0.6) is 0 Å². The molecule has 0 aliphatic heterocycles. The lowest BCUT2D eigenvalue weighted by atomic mass is 10.0. The maximum atomic E-state index is 12.9. The second-order valence-corrected chi connectivity index (χ2v) is 8.43. The molecule has 0 atom stereocenters. The first kappa shape index (κ1) is 19.3. The van der Waals surface area contributed by atoms with Gasteiger partial charge in [0.05, 0.1) is 11.3 Å². The lowest BCUT2D eigenvalue weighted by molar-refractivity contribution is 0.580. The minimum absolute atomic E-state index is 0.114. The number of aromatic amines is 1. The fourth-order valence-electron chi connectivity index (χ4n) is 2.95. The number of hydrogen-bond acceptors (Lipinski definition) is 3. The second kappa shape index (κ2) is 7.62. The van der Waals surface area contributed by atoms with Gasteiger partial charge >= 0.3 is 0 Å². The van der Waals surface area contributed by atoms with Crippen molar-refractivity contribution in [2.45, 2.75) is 26.0 Å². The monoisotopic (exact) mass is 388 g/mol. The average Bonchev–Trinajstić information content (AvgIpc) is 2.61. The van der Waals surface area contributed by atoms with Gasteiger partial charge in [0.25, 0.3) is 5.56 Å². The zero-order chi connectivity index (χ0) is 19.6. The van der Waals surface area contributed by atoms with Crippen LogP contribution in [0.1, 0.15) is 22.3 Å². The molecule has 142 valence electrons. The number of hydrogen-bond donors (Lipinski definition) is 2. The van der Waals surface area contributed by atoms with Gasteiger partial charge in [0.15, 0.2) is 0 Å². The Labute approximate surface area is 157 Å². The average molecular weight is 388 g/mol. The van der Waals surface area contributed by atoms with Crippen molar-refractivity contribution >= 4 is 20.9 Å². The molecule has 0 saturated heterocycles. The van der Waals surface area contributed by atoms with Crippen LogP contribution in [-0.2, 0) is 22.2 Å². The van der Waals surface area contributed by atoms with E-state index in [1.54, 1.807) is 6.07 Å². The number of pyridine rings is 1. The van der Waals surface area contributed by atoms with Crippen molar-refractivity contribution in [2.75, 3.05) is 6.54 Å². The van der Waals surface area contributed by atoms with Gasteiger partial charge in [0.1, 0.15) is 5.82 Å². The fourth-order valence-corrected chi connectivity index (χ4v) is 4.09. The molecular weight excluding hydrogens is 367 g/mol. The molecule has 0 fully saturated rings. The Balaban J connectivity index is 1.69. The van der Waals surface area contributed by atoms with Crippen LogP contribution in [0, 0.1) is 19.7 Å². The first-order chi connectivity index (χ1) is 12.7. The highest BCUT2D eigenvalue weighted by Gasteiger charge is 2.12. The van der Waals surface area contributed by atoms with Crippen LogP contribution in [-0.4, -0.2) is 19.9 Å². The van der Waals surface area contributed by atoms with Crippen LogP contribution in [0.25, 0.3) is 10.9 Å². The Bertz CT molecular complexity index is 1140. The molecule has 5 nitrogen and oxygen atoms in total. The minimum Gasteiger partial charge on any atom is -0.321 e. The van der Waals surface area contributed by atoms with Crippen LogP contribution in [0.3, 0.4) is 0 Å². The van der Waals surface area contributed by atoms with Crippen molar-refractivity contribution in [3.05, 3.63) is 80.9 Å². The maximum absolute atomic E-state index is 12.9. The molecule has 2 N–H and O–H groups in total. The SMILES string of the molecule is Cc1ccc2cc(CCNS(=O)(=O)Cc3ccc(F)cc3)c(=O)[nH]c2c1C. The van der Waals surface area contributed by atoms with Crippen LogP contribution >= 0.6 is 0 Å². The molecule has 2 aromatic carbocycles. The van der Waals surface area contributed by atoms with Gasteiger partial charge in [0, 0.05) is 12.1 Å². The quantitative estimate of drug-likeness (QED) is 0.681. The Hall–Kier alpha value is -2.51. The highest BCUT2D eigenvalue weighted by Crippen LogP contribution is 2.19. The standard InChI is InChI=1S/C20H21FN2O3S/c1-13-3-6-16-11-17(20(24)23-19(16)14(13)2)9-10-22-27(25,26)12-15-4-7-18(21)8-5-15/h3-8,11,22H,9-10,12H2,1-2H3,(H,23,24). The molecule has 0 unspecified atom stereocenters. The third-order valence-electron chi connectivity index (χ3n) is 4.61. The molecule has 0 amide bonds. The van der Waals surface area contributed by atoms with Crippen molar-refractivity contribution in [1.29, 1.82) is 0 Å². The van der Waals surface area contributed by atoms with E-state index in [9.17, 15) is 17.6 Å². The largest absolute Gasteiger partial charge is 0.321 e. The number of benzene rings is 2. The molecule has 7 heteroatoms. The normalized spacial score (nSPS) is 11.8. The van der Waals surface area contributed by atoms with Gasteiger partial charge < -0.3 is 4.98 Å². The van der Waals surface area contributed by atoms with Crippen LogP contribution in [0.4, 0.5) is 4.39 Å². The number of sulfonamides is 1. The molecule has 0 aliphatic rings. The van der Waals surface area contributed by atoms with Crippen molar-refractivity contribution < 1.29 is 12.8 Å². The molecule has 3 aromatic rings. The third kappa shape index (κ3) is 4.61. The molecule has 1 aromatic heterocycles. The number of rotatable bonds is 6. The molecule has 0 radical (unpaired) electrons. The number of nitrogens with one attached hydrogen (secondary N) is 2. The van der Waals surface area contributed by atoms with Gasteiger partial charge in [0.2, 0.25) is 10.0 Å². The minimum atomic E-state index is -3.57. The van der Waals surface area contributed by atoms with Gasteiger partial charge in [-0.2, -0.15) is 0 Å². The maximum Gasteiger partial charge on any atom is 0.251 e. The molecule has 3 rings (SSSR count). The smallest absolute Gasteiger partial charge is 0.251 e. The predicted octanol–water partition coefficient (Wildman–Crippen LogP) is 2.95. The summed E-state index contributed by atoms with van der Waals surface area (Å²) in [4.78, 5) is 15.2. The summed E-state index contributed by atoms with van der Waals surface area (Å²) >= 11 is 0. The van der Waals surface area contributed by atoms with Crippen molar-refractivity contribution in [3.8, 4) is 0 Å². The number of aryl methyl sites for hydroxylation is 2. The number of H-pyrrole nitrogens is 1. The van der Waals surface area contributed by atoms with E-state index in [4.69, 9.17) is 0 Å². The summed E-state index contributed by atoms with van der Waals surface area (Å²) < 4.78 is 39.7. The molecule has 0 saturated carbocycles.